The second-order valence-electron chi connectivity index (χ2n) is 7.57. The number of thioether (sulfide) groups is 1. The Morgan fingerprint density at radius 1 is 1.20 bits per heavy atom. The van der Waals surface area contributed by atoms with E-state index in [1.807, 2.05) is 11.5 Å². The predicted molar refractivity (Wildman–Crippen MR) is 115 cm³/mol. The highest BCUT2D eigenvalue weighted by atomic mass is 32.2. The quantitative estimate of drug-likeness (QED) is 0.623. The number of nitrogens with one attached hydrogen (secondary N) is 2. The van der Waals surface area contributed by atoms with Crippen LogP contribution in [0.3, 0.4) is 0 Å². The topological polar surface area (TPSA) is 88.9 Å². The van der Waals surface area contributed by atoms with Crippen molar-refractivity contribution in [3.05, 3.63) is 35.9 Å². The summed E-state index contributed by atoms with van der Waals surface area (Å²) in [7, 11) is 0. The van der Waals surface area contributed by atoms with Crippen molar-refractivity contribution in [1.29, 1.82) is 0 Å². The first-order chi connectivity index (χ1) is 14.5. The predicted octanol–water partition coefficient (Wildman–Crippen LogP) is 3.41. The molecule has 0 saturated heterocycles. The van der Waals surface area contributed by atoms with Crippen LogP contribution in [0.1, 0.15) is 45.4 Å². The molecule has 1 fully saturated rings. The van der Waals surface area contributed by atoms with Crippen molar-refractivity contribution in [3.63, 3.8) is 0 Å². The average molecular weight is 434 g/mol. The maximum atomic E-state index is 13.7. The van der Waals surface area contributed by atoms with Gasteiger partial charge in [0, 0.05) is 12.6 Å². The lowest BCUT2D eigenvalue weighted by atomic mass is 9.86. The fraction of sp³-hybridized carbons (Fsp3) is 0.524. The molecule has 30 heavy (non-hydrogen) atoms. The molecule has 0 aliphatic heterocycles. The summed E-state index contributed by atoms with van der Waals surface area (Å²) in [6.07, 6.45) is 4.55. The molecule has 7 nitrogen and oxygen atoms in total. The van der Waals surface area contributed by atoms with Crippen molar-refractivity contribution in [3.8, 4) is 0 Å². The van der Waals surface area contributed by atoms with E-state index in [9.17, 15) is 14.0 Å². The molecule has 9 heteroatoms. The molecule has 1 aromatic heterocycles. The van der Waals surface area contributed by atoms with Crippen molar-refractivity contribution in [2.24, 2.45) is 5.92 Å². The average Bonchev–Trinajstić information content (AvgIpc) is 3.11. The molecule has 2 N–H and O–H groups in total. The van der Waals surface area contributed by atoms with E-state index < -0.39 is 5.82 Å². The first-order valence-corrected chi connectivity index (χ1v) is 11.3. The van der Waals surface area contributed by atoms with Crippen LogP contribution in [-0.4, -0.2) is 38.4 Å². The number of benzene rings is 1. The Bertz CT molecular complexity index is 888. The zero-order chi connectivity index (χ0) is 21.5. The van der Waals surface area contributed by atoms with Crippen LogP contribution in [0.25, 0.3) is 0 Å². The van der Waals surface area contributed by atoms with Gasteiger partial charge in [-0.1, -0.05) is 43.7 Å². The van der Waals surface area contributed by atoms with Crippen LogP contribution in [0.2, 0.25) is 0 Å². The number of hydrogen-bond acceptors (Lipinski definition) is 5. The third kappa shape index (κ3) is 5.81. The number of halogens is 1. The lowest BCUT2D eigenvalue weighted by molar-refractivity contribution is -0.120. The SMILES string of the molecule is CCn1c(CC(=O)Nc2ccccc2F)nnc1SCC(=O)NC1CCCCC1C. The van der Waals surface area contributed by atoms with Crippen LogP contribution in [0.4, 0.5) is 10.1 Å². The fourth-order valence-corrected chi connectivity index (χ4v) is 4.52. The van der Waals surface area contributed by atoms with E-state index in [2.05, 4.69) is 27.8 Å². The first kappa shape index (κ1) is 22.3. The van der Waals surface area contributed by atoms with Crippen LogP contribution >= 0.6 is 11.8 Å². The largest absolute Gasteiger partial charge is 0.352 e. The molecule has 0 radical (unpaired) electrons. The molecule has 2 unspecified atom stereocenters. The summed E-state index contributed by atoms with van der Waals surface area (Å²) in [5.74, 6) is 0.369. The van der Waals surface area contributed by atoms with Crippen LogP contribution in [0, 0.1) is 11.7 Å². The molecule has 1 saturated carbocycles. The highest BCUT2D eigenvalue weighted by molar-refractivity contribution is 7.99. The van der Waals surface area contributed by atoms with Crippen LogP contribution in [0.5, 0.6) is 0 Å². The number of aromatic nitrogens is 3. The third-order valence-corrected chi connectivity index (χ3v) is 6.33. The van der Waals surface area contributed by atoms with Crippen LogP contribution in [-0.2, 0) is 22.6 Å². The number of carbonyl (C=O) groups is 2. The van der Waals surface area contributed by atoms with Gasteiger partial charge in [-0.25, -0.2) is 4.39 Å². The second-order valence-corrected chi connectivity index (χ2v) is 8.51. The summed E-state index contributed by atoms with van der Waals surface area (Å²) < 4.78 is 15.5. The smallest absolute Gasteiger partial charge is 0.232 e. The van der Waals surface area contributed by atoms with Gasteiger partial charge in [-0.3, -0.25) is 9.59 Å². The molecular weight excluding hydrogens is 405 g/mol. The van der Waals surface area contributed by atoms with E-state index in [0.717, 1.165) is 19.3 Å². The normalized spacial score (nSPS) is 18.8. The van der Waals surface area contributed by atoms with Gasteiger partial charge >= 0.3 is 0 Å². The Hall–Kier alpha value is -2.42. The number of hydrogen-bond donors (Lipinski definition) is 2. The van der Waals surface area contributed by atoms with Gasteiger partial charge in [-0.2, -0.15) is 0 Å². The van der Waals surface area contributed by atoms with E-state index in [1.165, 1.54) is 30.3 Å². The number of nitrogens with zero attached hydrogens (tertiary/aromatic N) is 3. The van der Waals surface area contributed by atoms with E-state index in [0.29, 0.717) is 23.4 Å². The summed E-state index contributed by atoms with van der Waals surface area (Å²) in [5.41, 5.74) is 0.133. The number of amides is 2. The van der Waals surface area contributed by atoms with Crippen molar-refractivity contribution in [1.82, 2.24) is 20.1 Å². The highest BCUT2D eigenvalue weighted by Gasteiger charge is 2.23. The fourth-order valence-electron chi connectivity index (χ4n) is 3.68. The van der Waals surface area contributed by atoms with Crippen molar-refractivity contribution in [2.75, 3.05) is 11.1 Å². The van der Waals surface area contributed by atoms with E-state index in [1.54, 1.807) is 12.1 Å². The number of carbonyl (C=O) groups excluding carboxylic acids is 2. The van der Waals surface area contributed by atoms with Gasteiger partial charge in [0.25, 0.3) is 0 Å². The molecule has 162 valence electrons. The molecule has 1 heterocycles. The number of anilines is 1. The van der Waals surface area contributed by atoms with Gasteiger partial charge in [-0.05, 0) is 37.8 Å². The molecule has 1 aliphatic rings. The number of para-hydroxylation sites is 1. The Morgan fingerprint density at radius 2 is 1.97 bits per heavy atom. The molecule has 2 amide bonds. The zero-order valence-electron chi connectivity index (χ0n) is 17.4. The van der Waals surface area contributed by atoms with Gasteiger partial charge < -0.3 is 15.2 Å². The minimum atomic E-state index is -0.489. The molecule has 1 aliphatic carbocycles. The van der Waals surface area contributed by atoms with Crippen molar-refractivity contribution >= 4 is 29.3 Å². The lowest BCUT2D eigenvalue weighted by Crippen LogP contribution is -2.41. The summed E-state index contributed by atoms with van der Waals surface area (Å²) in [4.78, 5) is 24.7. The van der Waals surface area contributed by atoms with Crippen molar-refractivity contribution in [2.45, 2.75) is 63.7 Å². The standard InChI is InChI=1S/C21H28FN5O2S/c1-3-27-18(12-19(28)24-17-11-7-5-9-15(17)22)25-26-21(27)30-13-20(29)23-16-10-6-4-8-14(16)2/h5,7,9,11,14,16H,3-4,6,8,10,12-13H2,1-2H3,(H,23,29)(H,24,28). The minimum absolute atomic E-state index is 0.0109. The van der Waals surface area contributed by atoms with Gasteiger partial charge in [0.15, 0.2) is 5.16 Å². The monoisotopic (exact) mass is 433 g/mol. The molecule has 2 aromatic rings. The summed E-state index contributed by atoms with van der Waals surface area (Å²) in [6, 6.07) is 6.26. The van der Waals surface area contributed by atoms with E-state index >= 15 is 0 Å². The van der Waals surface area contributed by atoms with Gasteiger partial charge in [-0.15, -0.1) is 10.2 Å². The summed E-state index contributed by atoms with van der Waals surface area (Å²) in [6.45, 7) is 4.68. The van der Waals surface area contributed by atoms with Gasteiger partial charge in [0.05, 0.1) is 17.9 Å². The Balaban J connectivity index is 1.55. The molecular formula is C21H28FN5O2S. The molecule has 0 spiro atoms. The molecule has 1 aromatic carbocycles. The molecule has 3 rings (SSSR count). The van der Waals surface area contributed by atoms with Crippen LogP contribution < -0.4 is 10.6 Å². The van der Waals surface area contributed by atoms with E-state index in [-0.39, 0.29) is 35.7 Å². The van der Waals surface area contributed by atoms with E-state index in [4.69, 9.17) is 0 Å². The first-order valence-electron chi connectivity index (χ1n) is 10.4. The molecule has 0 bridgehead atoms. The maximum absolute atomic E-state index is 13.7. The summed E-state index contributed by atoms with van der Waals surface area (Å²) in [5, 5.41) is 14.5. The third-order valence-electron chi connectivity index (χ3n) is 5.37. The number of rotatable bonds is 8. The Morgan fingerprint density at radius 3 is 2.70 bits per heavy atom. The minimum Gasteiger partial charge on any atom is -0.352 e. The van der Waals surface area contributed by atoms with Crippen molar-refractivity contribution < 1.29 is 14.0 Å². The van der Waals surface area contributed by atoms with Gasteiger partial charge in [0.2, 0.25) is 11.8 Å². The maximum Gasteiger partial charge on any atom is 0.232 e. The lowest BCUT2D eigenvalue weighted by Gasteiger charge is -2.29. The Kier molecular flexibility index (Phi) is 7.84. The van der Waals surface area contributed by atoms with Crippen LogP contribution in [0.15, 0.2) is 29.4 Å². The Labute approximate surface area is 180 Å². The second kappa shape index (κ2) is 10.6. The zero-order valence-corrected chi connectivity index (χ0v) is 18.2. The van der Waals surface area contributed by atoms with Gasteiger partial charge in [0.1, 0.15) is 11.6 Å². The molecule has 2 atom stereocenters. The summed E-state index contributed by atoms with van der Waals surface area (Å²) >= 11 is 1.31. The highest BCUT2D eigenvalue weighted by Crippen LogP contribution is 2.24.